The Bertz CT molecular complexity index is 1430. The van der Waals surface area contributed by atoms with Gasteiger partial charge in [-0.3, -0.25) is 9.59 Å². The van der Waals surface area contributed by atoms with E-state index in [4.69, 9.17) is 25.5 Å². The second-order valence-corrected chi connectivity index (χ2v) is 8.39. The Balaban J connectivity index is 1.74. The van der Waals surface area contributed by atoms with Crippen LogP contribution in [0.5, 0.6) is 11.5 Å². The van der Waals surface area contributed by atoms with E-state index in [9.17, 15) is 9.59 Å². The maximum Gasteiger partial charge on any atom is 0.265 e. The summed E-state index contributed by atoms with van der Waals surface area (Å²) in [5.74, 6) is 0.416. The monoisotopic (exact) mass is 477 g/mol. The fourth-order valence-electron chi connectivity index (χ4n) is 3.54. The molecule has 0 bridgehead atoms. The van der Waals surface area contributed by atoms with Crippen molar-refractivity contribution in [1.82, 2.24) is 0 Å². The third-order valence-electron chi connectivity index (χ3n) is 5.69. The molecule has 0 fully saturated rings. The van der Waals surface area contributed by atoms with E-state index in [1.54, 1.807) is 50.4 Å². The number of nitrogens with one attached hydrogen (secondary N) is 1. The zero-order valence-corrected chi connectivity index (χ0v) is 20.0. The van der Waals surface area contributed by atoms with Crippen molar-refractivity contribution < 1.29 is 18.7 Å². The smallest absolute Gasteiger partial charge is 0.265 e. The molecule has 0 aliphatic rings. The molecule has 0 saturated carbocycles. The highest BCUT2D eigenvalue weighted by Gasteiger charge is 2.23. The van der Waals surface area contributed by atoms with Crippen molar-refractivity contribution in [2.75, 3.05) is 12.4 Å². The third-order valence-corrected chi connectivity index (χ3v) is 5.92. The molecule has 0 saturated heterocycles. The molecule has 1 atom stereocenters. The highest BCUT2D eigenvalue weighted by Crippen LogP contribution is 2.33. The normalized spacial score (nSPS) is 11.8. The van der Waals surface area contributed by atoms with Crippen molar-refractivity contribution in [1.29, 1.82) is 0 Å². The number of carbonyl (C=O) groups is 1. The van der Waals surface area contributed by atoms with Gasteiger partial charge in [0.1, 0.15) is 11.3 Å². The van der Waals surface area contributed by atoms with Gasteiger partial charge in [-0.15, -0.1) is 0 Å². The number of hydrogen-bond donors (Lipinski definition) is 1. The minimum absolute atomic E-state index is 0.0662. The number of carbonyl (C=O) groups excluding carboxylic acids is 1. The molecule has 1 N–H and O–H groups in total. The zero-order chi connectivity index (χ0) is 24.4. The molecular weight excluding hydrogens is 454 g/mol. The van der Waals surface area contributed by atoms with Crippen LogP contribution in [0.15, 0.2) is 69.9 Å². The summed E-state index contributed by atoms with van der Waals surface area (Å²) in [6.45, 7) is 5.48. The lowest BCUT2D eigenvalue weighted by atomic mass is 10.1. The third kappa shape index (κ3) is 4.63. The first-order chi connectivity index (χ1) is 16.3. The number of fused-ring (bicyclic) bond motifs is 1. The molecule has 174 valence electrons. The number of methoxy groups -OCH3 is 1. The molecule has 1 unspecified atom stereocenters. The second-order valence-electron chi connectivity index (χ2n) is 7.96. The lowest BCUT2D eigenvalue weighted by Gasteiger charge is -2.18. The van der Waals surface area contributed by atoms with Crippen LogP contribution >= 0.6 is 11.6 Å². The van der Waals surface area contributed by atoms with Gasteiger partial charge in [-0.05, 0) is 80.4 Å². The van der Waals surface area contributed by atoms with Crippen LogP contribution in [0.4, 0.5) is 5.69 Å². The lowest BCUT2D eigenvalue weighted by molar-refractivity contribution is -0.122. The molecule has 4 aromatic rings. The Labute approximate surface area is 202 Å². The largest absolute Gasteiger partial charge is 0.497 e. The highest BCUT2D eigenvalue weighted by atomic mass is 35.5. The number of rotatable bonds is 6. The standard InChI is InChI=1S/C27H24ClNO5/c1-15-6-5-7-22(16(15)2)29-27(31)17(3)33-26-24(30)21-14-19(28)10-13-23(21)34-25(26)18-8-11-20(32-4)12-9-18/h5-14,17H,1-4H3,(H,29,31). The van der Waals surface area contributed by atoms with Crippen molar-refractivity contribution >= 4 is 34.2 Å². The SMILES string of the molecule is COc1ccc(-c2oc3ccc(Cl)cc3c(=O)c2OC(C)C(=O)Nc2cccc(C)c2C)cc1. The van der Waals surface area contributed by atoms with Gasteiger partial charge < -0.3 is 19.2 Å². The maximum atomic E-state index is 13.4. The van der Waals surface area contributed by atoms with E-state index in [1.807, 2.05) is 32.0 Å². The maximum absolute atomic E-state index is 13.4. The van der Waals surface area contributed by atoms with E-state index < -0.39 is 11.5 Å². The zero-order valence-electron chi connectivity index (χ0n) is 19.3. The molecule has 34 heavy (non-hydrogen) atoms. The summed E-state index contributed by atoms with van der Waals surface area (Å²) in [4.78, 5) is 26.3. The number of benzene rings is 3. The Kier molecular flexibility index (Phi) is 6.61. The van der Waals surface area contributed by atoms with Gasteiger partial charge >= 0.3 is 0 Å². The van der Waals surface area contributed by atoms with Crippen molar-refractivity contribution in [3.05, 3.63) is 87.0 Å². The predicted molar refractivity (Wildman–Crippen MR) is 134 cm³/mol. The van der Waals surface area contributed by atoms with Crippen molar-refractivity contribution in [3.63, 3.8) is 0 Å². The summed E-state index contributed by atoms with van der Waals surface area (Å²) in [5, 5.41) is 3.53. The number of halogens is 1. The number of aryl methyl sites for hydroxylation is 1. The quantitative estimate of drug-likeness (QED) is 0.360. The number of ether oxygens (including phenoxy) is 2. The summed E-state index contributed by atoms with van der Waals surface area (Å²) in [7, 11) is 1.57. The van der Waals surface area contributed by atoms with Gasteiger partial charge in [-0.2, -0.15) is 0 Å². The lowest BCUT2D eigenvalue weighted by Crippen LogP contribution is -2.32. The van der Waals surface area contributed by atoms with Crippen LogP contribution in [0.2, 0.25) is 5.02 Å². The molecule has 3 aromatic carbocycles. The van der Waals surface area contributed by atoms with Gasteiger partial charge in [-0.1, -0.05) is 23.7 Å². The average Bonchev–Trinajstić information content (AvgIpc) is 2.84. The van der Waals surface area contributed by atoms with Gasteiger partial charge in [0.05, 0.1) is 12.5 Å². The predicted octanol–water partition coefficient (Wildman–Crippen LogP) is 6.14. The fraction of sp³-hybridized carbons (Fsp3) is 0.185. The second kappa shape index (κ2) is 9.61. The molecule has 1 heterocycles. The Hall–Kier alpha value is -3.77. The van der Waals surface area contributed by atoms with Crippen LogP contribution in [0.1, 0.15) is 18.1 Å². The topological polar surface area (TPSA) is 77.8 Å². The van der Waals surface area contributed by atoms with Gasteiger partial charge in [0.25, 0.3) is 5.91 Å². The fourth-order valence-corrected chi connectivity index (χ4v) is 3.71. The van der Waals surface area contributed by atoms with E-state index in [0.717, 1.165) is 11.1 Å². The molecule has 0 spiro atoms. The average molecular weight is 478 g/mol. The summed E-state index contributed by atoms with van der Waals surface area (Å²) < 4.78 is 17.2. The van der Waals surface area contributed by atoms with Gasteiger partial charge in [0.15, 0.2) is 11.9 Å². The van der Waals surface area contributed by atoms with Crippen LogP contribution in [0, 0.1) is 13.8 Å². The van der Waals surface area contributed by atoms with Crippen molar-refractivity contribution in [2.45, 2.75) is 26.9 Å². The van der Waals surface area contributed by atoms with E-state index in [1.165, 1.54) is 6.07 Å². The minimum Gasteiger partial charge on any atom is -0.497 e. The molecule has 0 radical (unpaired) electrons. The first-order valence-electron chi connectivity index (χ1n) is 10.7. The number of anilines is 1. The van der Waals surface area contributed by atoms with E-state index in [-0.39, 0.29) is 22.8 Å². The molecule has 1 aromatic heterocycles. The summed E-state index contributed by atoms with van der Waals surface area (Å²) >= 11 is 6.11. The van der Waals surface area contributed by atoms with E-state index in [2.05, 4.69) is 5.32 Å². The number of hydrogen-bond acceptors (Lipinski definition) is 5. The van der Waals surface area contributed by atoms with Crippen molar-refractivity contribution in [2.24, 2.45) is 0 Å². The first-order valence-corrected chi connectivity index (χ1v) is 11.1. The molecule has 0 aliphatic carbocycles. The van der Waals surface area contributed by atoms with Gasteiger partial charge in [-0.25, -0.2) is 0 Å². The van der Waals surface area contributed by atoms with Crippen LogP contribution in [0.3, 0.4) is 0 Å². The van der Waals surface area contributed by atoms with Crippen molar-refractivity contribution in [3.8, 4) is 22.8 Å². The molecular formula is C27H24ClNO5. The van der Waals surface area contributed by atoms with Gasteiger partial charge in [0, 0.05) is 16.3 Å². The Morgan fingerprint density at radius 2 is 1.79 bits per heavy atom. The molecule has 7 heteroatoms. The minimum atomic E-state index is -0.976. The molecule has 0 aliphatic heterocycles. The molecule has 4 rings (SSSR count). The Morgan fingerprint density at radius 1 is 1.06 bits per heavy atom. The van der Waals surface area contributed by atoms with Crippen LogP contribution in [-0.2, 0) is 4.79 Å². The summed E-state index contributed by atoms with van der Waals surface area (Å²) in [6.07, 6.45) is -0.976. The molecule has 6 nitrogen and oxygen atoms in total. The summed E-state index contributed by atoms with van der Waals surface area (Å²) in [5.41, 5.74) is 3.25. The first kappa shape index (κ1) is 23.4. The van der Waals surface area contributed by atoms with Crippen LogP contribution < -0.4 is 20.2 Å². The summed E-state index contributed by atoms with van der Waals surface area (Å²) in [6, 6.07) is 17.5. The van der Waals surface area contributed by atoms with E-state index in [0.29, 0.717) is 27.6 Å². The Morgan fingerprint density at radius 3 is 2.50 bits per heavy atom. The molecule has 1 amide bonds. The van der Waals surface area contributed by atoms with Crippen LogP contribution in [0.25, 0.3) is 22.3 Å². The highest BCUT2D eigenvalue weighted by molar-refractivity contribution is 6.31. The number of amides is 1. The van der Waals surface area contributed by atoms with Crippen LogP contribution in [-0.4, -0.2) is 19.1 Å². The van der Waals surface area contributed by atoms with Gasteiger partial charge in [0.2, 0.25) is 11.2 Å². The van der Waals surface area contributed by atoms with E-state index >= 15 is 0 Å².